The van der Waals surface area contributed by atoms with E-state index in [4.69, 9.17) is 0 Å². The van der Waals surface area contributed by atoms with Gasteiger partial charge in [0, 0.05) is 8.07 Å². The standard InChI is InChI=1S/C13H28Si/c1-10(2)12-8-7-11(3)9-13(12)14(4,5)6/h10-13H,7-9H2,1-6H3/t11-,12+,13-/m1/s1. The Balaban J connectivity index is 2.74. The van der Waals surface area contributed by atoms with E-state index in [-0.39, 0.29) is 0 Å². The van der Waals surface area contributed by atoms with Crippen molar-refractivity contribution < 1.29 is 0 Å². The Morgan fingerprint density at radius 1 is 1.07 bits per heavy atom. The average molecular weight is 212 g/mol. The van der Waals surface area contributed by atoms with E-state index in [1.54, 1.807) is 0 Å². The summed E-state index contributed by atoms with van der Waals surface area (Å²) >= 11 is 0. The van der Waals surface area contributed by atoms with Crippen LogP contribution in [0.5, 0.6) is 0 Å². The van der Waals surface area contributed by atoms with Crippen molar-refractivity contribution >= 4 is 8.07 Å². The van der Waals surface area contributed by atoms with Gasteiger partial charge in [-0.15, -0.1) is 0 Å². The molecule has 0 aliphatic heterocycles. The van der Waals surface area contributed by atoms with Crippen LogP contribution in [-0.4, -0.2) is 8.07 Å². The van der Waals surface area contributed by atoms with Gasteiger partial charge in [0.2, 0.25) is 0 Å². The van der Waals surface area contributed by atoms with Crippen molar-refractivity contribution in [2.45, 2.75) is 65.2 Å². The van der Waals surface area contributed by atoms with Crippen LogP contribution < -0.4 is 0 Å². The molecule has 0 aromatic carbocycles. The fraction of sp³-hybridized carbons (Fsp3) is 1.00. The van der Waals surface area contributed by atoms with Gasteiger partial charge in [0.05, 0.1) is 0 Å². The van der Waals surface area contributed by atoms with Crippen LogP contribution in [0.15, 0.2) is 0 Å². The normalized spacial score (nSPS) is 34.9. The number of hydrogen-bond donors (Lipinski definition) is 0. The highest BCUT2D eigenvalue weighted by Gasteiger charge is 2.38. The predicted molar refractivity (Wildman–Crippen MR) is 68.4 cm³/mol. The molecule has 0 saturated heterocycles. The van der Waals surface area contributed by atoms with Gasteiger partial charge in [-0.1, -0.05) is 46.8 Å². The Hall–Kier alpha value is 0.217. The van der Waals surface area contributed by atoms with Gasteiger partial charge < -0.3 is 0 Å². The van der Waals surface area contributed by atoms with Gasteiger partial charge in [0.15, 0.2) is 0 Å². The first-order valence-electron chi connectivity index (χ1n) is 6.32. The van der Waals surface area contributed by atoms with Crippen molar-refractivity contribution in [2.24, 2.45) is 17.8 Å². The molecule has 0 bridgehead atoms. The highest BCUT2D eigenvalue weighted by molar-refractivity contribution is 6.77. The summed E-state index contributed by atoms with van der Waals surface area (Å²) in [6.45, 7) is 15.0. The Bertz CT molecular complexity index is 178. The molecule has 1 rings (SSSR count). The molecule has 14 heavy (non-hydrogen) atoms. The molecule has 1 fully saturated rings. The second-order valence-corrected chi connectivity index (χ2v) is 12.3. The van der Waals surface area contributed by atoms with E-state index in [1.165, 1.54) is 19.3 Å². The van der Waals surface area contributed by atoms with Crippen LogP contribution in [0.3, 0.4) is 0 Å². The van der Waals surface area contributed by atoms with Crippen molar-refractivity contribution in [1.29, 1.82) is 0 Å². The minimum atomic E-state index is -0.924. The molecule has 0 unspecified atom stereocenters. The molecule has 1 aliphatic rings. The Morgan fingerprint density at radius 2 is 1.64 bits per heavy atom. The van der Waals surface area contributed by atoms with Crippen LogP contribution in [0.1, 0.15) is 40.0 Å². The first-order chi connectivity index (χ1) is 6.32. The average Bonchev–Trinajstić information content (AvgIpc) is 2.01. The van der Waals surface area contributed by atoms with E-state index in [9.17, 15) is 0 Å². The summed E-state index contributed by atoms with van der Waals surface area (Å²) in [5.41, 5.74) is 1.08. The van der Waals surface area contributed by atoms with Gasteiger partial charge in [-0.05, 0) is 36.1 Å². The third kappa shape index (κ3) is 2.85. The smallest absolute Gasteiger partial charge is 0.0476 e. The molecule has 1 saturated carbocycles. The molecular formula is C13H28Si. The Morgan fingerprint density at radius 3 is 2.07 bits per heavy atom. The summed E-state index contributed by atoms with van der Waals surface area (Å²) in [5, 5.41) is 0. The predicted octanol–water partition coefficient (Wildman–Crippen LogP) is 4.79. The van der Waals surface area contributed by atoms with Gasteiger partial charge in [0.1, 0.15) is 0 Å². The Kier molecular flexibility index (Phi) is 3.85. The highest BCUT2D eigenvalue weighted by atomic mass is 28.3. The molecule has 84 valence electrons. The molecule has 0 spiro atoms. The SMILES string of the molecule is CC(C)[C@@H]1CC[C@@H](C)C[C@H]1[Si](C)(C)C. The summed E-state index contributed by atoms with van der Waals surface area (Å²) in [5.74, 6) is 2.92. The molecule has 0 aromatic rings. The molecule has 0 radical (unpaired) electrons. The lowest BCUT2D eigenvalue weighted by atomic mass is 9.77. The fourth-order valence-electron chi connectivity index (χ4n) is 3.20. The minimum Gasteiger partial charge on any atom is -0.0693 e. The number of hydrogen-bond acceptors (Lipinski definition) is 0. The second-order valence-electron chi connectivity index (χ2n) is 6.80. The van der Waals surface area contributed by atoms with Crippen molar-refractivity contribution in [3.8, 4) is 0 Å². The lowest BCUT2D eigenvalue weighted by molar-refractivity contribution is 0.229. The summed E-state index contributed by atoms with van der Waals surface area (Å²) in [4.78, 5) is 0. The zero-order valence-corrected chi connectivity index (χ0v) is 11.9. The first kappa shape index (κ1) is 12.3. The van der Waals surface area contributed by atoms with Crippen molar-refractivity contribution in [3.05, 3.63) is 0 Å². The highest BCUT2D eigenvalue weighted by Crippen LogP contribution is 2.46. The molecule has 0 aromatic heterocycles. The van der Waals surface area contributed by atoms with Gasteiger partial charge in [-0.2, -0.15) is 0 Å². The van der Waals surface area contributed by atoms with Crippen molar-refractivity contribution in [3.63, 3.8) is 0 Å². The van der Waals surface area contributed by atoms with E-state index in [0.29, 0.717) is 0 Å². The second kappa shape index (κ2) is 4.38. The van der Waals surface area contributed by atoms with E-state index in [2.05, 4.69) is 40.4 Å². The van der Waals surface area contributed by atoms with E-state index < -0.39 is 8.07 Å². The van der Waals surface area contributed by atoms with E-state index in [0.717, 1.165) is 23.3 Å². The van der Waals surface area contributed by atoms with Crippen LogP contribution in [0.4, 0.5) is 0 Å². The maximum Gasteiger partial charge on any atom is 0.0476 e. The van der Waals surface area contributed by atoms with Gasteiger partial charge in [0.25, 0.3) is 0 Å². The van der Waals surface area contributed by atoms with Crippen molar-refractivity contribution in [2.75, 3.05) is 0 Å². The molecule has 0 nitrogen and oxygen atoms in total. The lowest BCUT2D eigenvalue weighted by Crippen LogP contribution is -2.39. The van der Waals surface area contributed by atoms with Gasteiger partial charge in [-0.3, -0.25) is 0 Å². The third-order valence-electron chi connectivity index (χ3n) is 4.13. The van der Waals surface area contributed by atoms with Crippen LogP contribution in [0, 0.1) is 17.8 Å². The zero-order valence-electron chi connectivity index (χ0n) is 10.9. The van der Waals surface area contributed by atoms with Crippen LogP contribution >= 0.6 is 0 Å². The minimum absolute atomic E-state index is 0.902. The molecule has 0 N–H and O–H groups in total. The summed E-state index contributed by atoms with van der Waals surface area (Å²) in [6.07, 6.45) is 4.48. The van der Waals surface area contributed by atoms with Gasteiger partial charge >= 0.3 is 0 Å². The van der Waals surface area contributed by atoms with Crippen LogP contribution in [0.2, 0.25) is 25.2 Å². The maximum atomic E-state index is 2.56. The maximum absolute atomic E-state index is 2.56. The van der Waals surface area contributed by atoms with E-state index in [1.807, 2.05) is 0 Å². The monoisotopic (exact) mass is 212 g/mol. The summed E-state index contributed by atoms with van der Waals surface area (Å²) < 4.78 is 0. The largest absolute Gasteiger partial charge is 0.0693 e. The van der Waals surface area contributed by atoms with E-state index >= 15 is 0 Å². The quantitative estimate of drug-likeness (QED) is 0.578. The molecule has 1 heteroatoms. The number of rotatable bonds is 2. The van der Waals surface area contributed by atoms with Crippen LogP contribution in [0.25, 0.3) is 0 Å². The first-order valence-corrected chi connectivity index (χ1v) is 9.90. The fourth-order valence-corrected chi connectivity index (χ4v) is 6.14. The summed E-state index contributed by atoms with van der Waals surface area (Å²) in [6, 6.07) is 0. The molecule has 0 amide bonds. The molecule has 1 aliphatic carbocycles. The summed E-state index contributed by atoms with van der Waals surface area (Å²) in [7, 11) is -0.924. The molecular weight excluding hydrogens is 184 g/mol. The molecule has 3 atom stereocenters. The topological polar surface area (TPSA) is 0 Å². The van der Waals surface area contributed by atoms with Crippen molar-refractivity contribution in [1.82, 2.24) is 0 Å². The Labute approximate surface area is 91.5 Å². The third-order valence-corrected chi connectivity index (χ3v) is 7.02. The van der Waals surface area contributed by atoms with Crippen LogP contribution in [-0.2, 0) is 0 Å². The molecule has 0 heterocycles. The zero-order chi connectivity index (χ0) is 10.9. The lowest BCUT2D eigenvalue weighted by Gasteiger charge is -2.43. The van der Waals surface area contributed by atoms with Gasteiger partial charge in [-0.25, -0.2) is 0 Å².